The summed E-state index contributed by atoms with van der Waals surface area (Å²) in [6.45, 7) is 14.9. The third kappa shape index (κ3) is 11.2. The zero-order valence-corrected chi connectivity index (χ0v) is 43.9. The highest BCUT2D eigenvalue weighted by molar-refractivity contribution is 7.99. The smallest absolute Gasteiger partial charge is 0.294 e. The van der Waals surface area contributed by atoms with Crippen molar-refractivity contribution in [1.29, 1.82) is 0 Å². The first-order valence-electron chi connectivity index (χ1n) is 24.4. The van der Waals surface area contributed by atoms with Crippen molar-refractivity contribution in [3.8, 4) is 17.2 Å². The number of halogens is 1. The average Bonchev–Trinajstić information content (AvgIpc) is 3.95. The molecule has 16 heteroatoms. The van der Waals surface area contributed by atoms with E-state index < -0.39 is 39.7 Å². The fraction of sp³-hybridized carbons (Fsp3) is 0.375. The van der Waals surface area contributed by atoms with Crippen molar-refractivity contribution < 1.29 is 41.0 Å². The minimum atomic E-state index is -3.96. The quantitative estimate of drug-likeness (QED) is 0.0821. The van der Waals surface area contributed by atoms with E-state index in [1.54, 1.807) is 43.5 Å². The number of rotatable bonds is 19. The van der Waals surface area contributed by atoms with E-state index in [0.29, 0.717) is 41.7 Å². The Bertz CT molecular complexity index is 3100. The summed E-state index contributed by atoms with van der Waals surface area (Å²) in [5.41, 5.74) is 5.51. The van der Waals surface area contributed by atoms with Crippen molar-refractivity contribution in [2.75, 3.05) is 23.7 Å². The van der Waals surface area contributed by atoms with Crippen LogP contribution < -0.4 is 24.5 Å². The SMILES string of the molecule is CCC(Oc1ccc(C(C)(C)CC)cc1C(C)(C)CC)C(=O)Nc1ccccc1N1N=C(c2ccc(F)cc2)C(Oc2cc3c(cc2S(C)(=O)=O)C(Sc2nnc(Cc4ccc(OC)cc4)o2)CCC3)C1=O. The molecule has 1 aliphatic carbocycles. The Kier molecular flexibility index (Phi) is 15.3. The number of benzene rings is 5. The standard InChI is InChI=1S/C56H62FN5O8S2/c1-10-44(68-45-29-24-37(55(4,5)11-2)32-41(45)56(6,7)12-3)52(63)58-42-17-13-14-18-43(42)62-53(64)51(50(61-62)35-22-25-38(57)26-23-35)69-46-31-36-16-15-19-47(40(36)33-48(46)72(9,65)66)71-54-60-59-49(70-54)30-34-20-27-39(67-8)28-21-34/h13-14,17-18,20-29,31-33,44,47,51H,10-12,15-16,19,30H2,1-9H3,(H,58,63). The molecule has 6 aromatic rings. The molecule has 1 aliphatic heterocycles. The molecule has 0 spiro atoms. The van der Waals surface area contributed by atoms with E-state index in [4.69, 9.17) is 23.7 Å². The van der Waals surface area contributed by atoms with Crippen LogP contribution >= 0.6 is 11.8 Å². The molecule has 5 aromatic carbocycles. The van der Waals surface area contributed by atoms with Crippen molar-refractivity contribution in [2.24, 2.45) is 5.10 Å². The van der Waals surface area contributed by atoms with E-state index >= 15 is 0 Å². The van der Waals surface area contributed by atoms with E-state index in [1.165, 1.54) is 41.6 Å². The number of hydrogen-bond donors (Lipinski definition) is 1. The molecular formula is C56H62FN5O8S2. The number of sulfone groups is 1. The third-order valence-electron chi connectivity index (χ3n) is 13.9. The van der Waals surface area contributed by atoms with Gasteiger partial charge in [0.25, 0.3) is 17.0 Å². The van der Waals surface area contributed by atoms with Crippen molar-refractivity contribution >= 4 is 50.5 Å². The maximum absolute atomic E-state index is 14.9. The molecule has 1 N–H and O–H groups in total. The molecule has 1 aromatic heterocycles. The number of nitrogens with one attached hydrogen (secondary N) is 1. The molecule has 0 saturated carbocycles. The number of carbonyl (C=O) groups excluding carboxylic acids is 2. The van der Waals surface area contributed by atoms with Crippen molar-refractivity contribution in [3.63, 3.8) is 0 Å². The maximum Gasteiger partial charge on any atom is 0.294 e. The highest BCUT2D eigenvalue weighted by Gasteiger charge is 2.42. The summed E-state index contributed by atoms with van der Waals surface area (Å²) in [5.74, 6) is 0.193. The van der Waals surface area contributed by atoms with Crippen LogP contribution in [0.3, 0.4) is 0 Å². The van der Waals surface area contributed by atoms with Crippen LogP contribution in [0.4, 0.5) is 15.8 Å². The van der Waals surface area contributed by atoms with Crippen molar-refractivity contribution in [2.45, 2.75) is 132 Å². The third-order valence-corrected chi connectivity index (χ3v) is 16.2. The van der Waals surface area contributed by atoms with Crippen molar-refractivity contribution in [3.05, 3.63) is 148 Å². The second kappa shape index (κ2) is 21.3. The Morgan fingerprint density at radius 3 is 2.32 bits per heavy atom. The van der Waals surface area contributed by atoms with Gasteiger partial charge in [0.05, 0.1) is 24.9 Å². The minimum absolute atomic E-state index is 0.0297. The highest BCUT2D eigenvalue weighted by Crippen LogP contribution is 2.46. The van der Waals surface area contributed by atoms with E-state index in [0.717, 1.165) is 65.0 Å². The Balaban J connectivity index is 1.07. The van der Waals surface area contributed by atoms with Gasteiger partial charge in [0, 0.05) is 22.6 Å². The molecule has 2 heterocycles. The lowest BCUT2D eigenvalue weighted by molar-refractivity contribution is -0.123. The predicted octanol–water partition coefficient (Wildman–Crippen LogP) is 11.8. The number of thioether (sulfide) groups is 1. The summed E-state index contributed by atoms with van der Waals surface area (Å²) in [7, 11) is -2.35. The molecule has 0 radical (unpaired) electrons. The topological polar surface area (TPSA) is 163 Å². The fourth-order valence-corrected chi connectivity index (χ4v) is 10.7. The number of amides is 2. The van der Waals surface area contributed by atoms with Crippen LogP contribution in [0.15, 0.2) is 123 Å². The number of fused-ring (bicyclic) bond motifs is 1. The van der Waals surface area contributed by atoms with Crippen LogP contribution in [0.2, 0.25) is 0 Å². The highest BCUT2D eigenvalue weighted by atomic mass is 32.2. The molecule has 378 valence electrons. The Morgan fingerprint density at radius 1 is 0.917 bits per heavy atom. The maximum atomic E-state index is 14.9. The van der Waals surface area contributed by atoms with Gasteiger partial charge in [-0.1, -0.05) is 109 Å². The Hall–Kier alpha value is -6.52. The molecule has 2 aliphatic rings. The molecule has 0 bridgehead atoms. The molecule has 0 saturated heterocycles. The van der Waals surface area contributed by atoms with Crippen LogP contribution in [0.5, 0.6) is 17.2 Å². The van der Waals surface area contributed by atoms with Gasteiger partial charge in [-0.15, -0.1) is 10.2 Å². The monoisotopic (exact) mass is 1020 g/mol. The summed E-state index contributed by atoms with van der Waals surface area (Å²) in [6, 6.07) is 29.3. The number of carbonyl (C=O) groups is 2. The lowest BCUT2D eigenvalue weighted by Crippen LogP contribution is -2.38. The number of aromatic nitrogens is 2. The Morgan fingerprint density at radius 2 is 1.64 bits per heavy atom. The first kappa shape index (κ1) is 51.8. The molecule has 8 rings (SSSR count). The van der Waals surface area contributed by atoms with Crippen LogP contribution in [0.25, 0.3) is 0 Å². The molecule has 3 atom stereocenters. The van der Waals surface area contributed by atoms with Gasteiger partial charge in [0.15, 0.2) is 15.9 Å². The lowest BCUT2D eigenvalue weighted by atomic mass is 9.76. The van der Waals surface area contributed by atoms with Gasteiger partial charge >= 0.3 is 0 Å². The molecule has 0 fully saturated rings. The largest absolute Gasteiger partial charge is 0.497 e. The molecule has 13 nitrogen and oxygen atoms in total. The summed E-state index contributed by atoms with van der Waals surface area (Å²) < 4.78 is 66.2. The molecule has 3 unspecified atom stereocenters. The number of para-hydroxylation sites is 2. The molecule has 2 amide bonds. The first-order valence-corrected chi connectivity index (χ1v) is 27.1. The van der Waals surface area contributed by atoms with E-state index in [1.807, 2.05) is 37.3 Å². The minimum Gasteiger partial charge on any atom is -0.497 e. The van der Waals surface area contributed by atoms with Crippen LogP contribution in [-0.2, 0) is 43.1 Å². The fourth-order valence-electron chi connectivity index (χ4n) is 8.77. The number of aryl methyl sites for hydroxylation is 1. The first-order chi connectivity index (χ1) is 34.3. The van der Waals surface area contributed by atoms with E-state index in [2.05, 4.69) is 69.2 Å². The molecular weight excluding hydrogens is 954 g/mol. The van der Waals surface area contributed by atoms with Gasteiger partial charge in [-0.3, -0.25) is 9.59 Å². The van der Waals surface area contributed by atoms with Gasteiger partial charge in [-0.05, 0) is 126 Å². The van der Waals surface area contributed by atoms with E-state index in [9.17, 15) is 22.4 Å². The number of nitrogens with zero attached hydrogens (tertiary/aromatic N) is 4. The second-order valence-corrected chi connectivity index (χ2v) is 22.7. The zero-order chi connectivity index (χ0) is 51.5. The zero-order valence-electron chi connectivity index (χ0n) is 42.2. The number of hydrazone groups is 1. The van der Waals surface area contributed by atoms with E-state index in [-0.39, 0.29) is 43.8 Å². The summed E-state index contributed by atoms with van der Waals surface area (Å²) in [4.78, 5) is 29.0. The van der Waals surface area contributed by atoms with Crippen LogP contribution in [0, 0.1) is 5.82 Å². The lowest BCUT2D eigenvalue weighted by Gasteiger charge is -2.31. The van der Waals surface area contributed by atoms with Gasteiger partial charge in [0.1, 0.15) is 33.7 Å². The van der Waals surface area contributed by atoms with Gasteiger partial charge in [-0.2, -0.15) is 10.1 Å². The summed E-state index contributed by atoms with van der Waals surface area (Å²) in [5, 5.41) is 17.6. The summed E-state index contributed by atoms with van der Waals surface area (Å²) >= 11 is 1.37. The Labute approximate surface area is 425 Å². The number of methoxy groups -OCH3 is 1. The number of anilines is 2. The van der Waals surface area contributed by atoms with Crippen LogP contribution in [0.1, 0.15) is 125 Å². The number of hydrogen-bond acceptors (Lipinski definition) is 12. The summed E-state index contributed by atoms with van der Waals surface area (Å²) in [6.07, 6.45) is 3.43. The van der Waals surface area contributed by atoms with Gasteiger partial charge in [0.2, 0.25) is 12.0 Å². The van der Waals surface area contributed by atoms with Crippen LogP contribution in [-0.4, -0.2) is 61.7 Å². The normalized spacial score (nSPS) is 16.5. The second-order valence-electron chi connectivity index (χ2n) is 19.6. The number of ether oxygens (including phenoxy) is 3. The van der Waals surface area contributed by atoms with Crippen molar-refractivity contribution in [1.82, 2.24) is 10.2 Å². The van der Waals surface area contributed by atoms with Gasteiger partial charge in [-0.25, -0.2) is 12.8 Å². The predicted molar refractivity (Wildman–Crippen MR) is 279 cm³/mol. The average molecular weight is 1020 g/mol. The van der Waals surface area contributed by atoms with Gasteiger partial charge < -0.3 is 23.9 Å². The molecule has 72 heavy (non-hydrogen) atoms.